The van der Waals surface area contributed by atoms with Gasteiger partial charge < -0.3 is 5.73 Å². The predicted octanol–water partition coefficient (Wildman–Crippen LogP) is 0.913. The zero-order valence-corrected chi connectivity index (χ0v) is 10.0. The topological polar surface area (TPSA) is 82.9 Å². The van der Waals surface area contributed by atoms with Crippen LogP contribution in [-0.2, 0) is 6.42 Å². The summed E-state index contributed by atoms with van der Waals surface area (Å²) in [5.74, 6) is 0.388. The molecule has 1 amide bonds. The molecule has 0 aliphatic carbocycles. The lowest BCUT2D eigenvalue weighted by Crippen LogP contribution is -2.33. The lowest BCUT2D eigenvalue weighted by Gasteiger charge is -1.96. The molecule has 0 fully saturated rings. The van der Waals surface area contributed by atoms with Gasteiger partial charge >= 0.3 is 11.7 Å². The second-order valence-electron chi connectivity index (χ2n) is 3.87. The molecule has 0 saturated carbocycles. The van der Waals surface area contributed by atoms with Crippen LogP contribution in [0.5, 0.6) is 0 Å². The van der Waals surface area contributed by atoms with Gasteiger partial charge in [0.25, 0.3) is 0 Å². The van der Waals surface area contributed by atoms with Crippen LogP contribution in [-0.4, -0.2) is 20.4 Å². The first-order valence-corrected chi connectivity index (χ1v) is 5.71. The van der Waals surface area contributed by atoms with Gasteiger partial charge in [0.05, 0.1) is 5.69 Å². The van der Waals surface area contributed by atoms with Crippen molar-refractivity contribution in [3.05, 3.63) is 46.6 Å². The molecule has 2 aromatic rings. The van der Waals surface area contributed by atoms with Crippen molar-refractivity contribution >= 4 is 6.03 Å². The van der Waals surface area contributed by atoms with Gasteiger partial charge in [0, 0.05) is 6.42 Å². The molecule has 2 rings (SSSR count). The number of primary amides is 1. The number of hydrogen-bond donors (Lipinski definition) is 1. The van der Waals surface area contributed by atoms with Gasteiger partial charge in [-0.05, 0) is 18.6 Å². The average Bonchev–Trinajstić information content (AvgIpc) is 2.68. The van der Waals surface area contributed by atoms with Crippen molar-refractivity contribution in [3.8, 4) is 5.69 Å². The van der Waals surface area contributed by atoms with Crippen molar-refractivity contribution < 1.29 is 4.79 Å². The molecule has 6 nitrogen and oxygen atoms in total. The first kappa shape index (κ1) is 12.1. The fraction of sp³-hybridized carbons (Fsp3) is 0.250. The molecule has 94 valence electrons. The number of nitrogens with two attached hydrogens (primary N) is 1. The Balaban J connectivity index is 2.61. The lowest BCUT2D eigenvalue weighted by molar-refractivity contribution is 0.249. The third kappa shape index (κ3) is 2.04. The number of rotatable bonds is 3. The van der Waals surface area contributed by atoms with E-state index in [-0.39, 0.29) is 0 Å². The maximum atomic E-state index is 12.1. The molecule has 0 atom stereocenters. The molecule has 6 heteroatoms. The van der Waals surface area contributed by atoms with E-state index in [9.17, 15) is 9.59 Å². The third-order valence-corrected chi connectivity index (χ3v) is 2.54. The highest BCUT2D eigenvalue weighted by Crippen LogP contribution is 2.04. The zero-order valence-electron chi connectivity index (χ0n) is 10.0. The summed E-state index contributed by atoms with van der Waals surface area (Å²) in [6.07, 6.45) is 1.30. The van der Waals surface area contributed by atoms with E-state index in [1.54, 1.807) is 24.3 Å². The van der Waals surface area contributed by atoms with Crippen LogP contribution < -0.4 is 11.4 Å². The molecule has 0 unspecified atom stereocenters. The van der Waals surface area contributed by atoms with Crippen molar-refractivity contribution in [2.24, 2.45) is 5.73 Å². The number of aromatic nitrogens is 3. The van der Waals surface area contributed by atoms with Crippen LogP contribution in [0.15, 0.2) is 35.1 Å². The van der Waals surface area contributed by atoms with E-state index in [0.29, 0.717) is 17.9 Å². The summed E-state index contributed by atoms with van der Waals surface area (Å²) in [6.45, 7) is 1.94. The van der Waals surface area contributed by atoms with Crippen LogP contribution in [0.25, 0.3) is 5.69 Å². The summed E-state index contributed by atoms with van der Waals surface area (Å²) in [5, 5.41) is 4.16. The maximum absolute atomic E-state index is 12.1. The van der Waals surface area contributed by atoms with Crippen LogP contribution in [0.3, 0.4) is 0 Å². The van der Waals surface area contributed by atoms with E-state index in [0.717, 1.165) is 11.0 Å². The van der Waals surface area contributed by atoms with Crippen LogP contribution in [0.1, 0.15) is 19.2 Å². The van der Waals surface area contributed by atoms with Crippen molar-refractivity contribution in [2.75, 3.05) is 0 Å². The highest BCUT2D eigenvalue weighted by atomic mass is 16.2. The number of amides is 1. The van der Waals surface area contributed by atoms with Crippen molar-refractivity contribution in [3.63, 3.8) is 0 Å². The quantitative estimate of drug-likeness (QED) is 0.873. The minimum absolute atomic E-state index is 0.388. The summed E-state index contributed by atoms with van der Waals surface area (Å²) >= 11 is 0. The Labute approximate surface area is 104 Å². The molecular weight excluding hydrogens is 232 g/mol. The van der Waals surface area contributed by atoms with E-state index in [1.807, 2.05) is 13.0 Å². The van der Waals surface area contributed by atoms with Gasteiger partial charge in [0.15, 0.2) is 0 Å². The van der Waals surface area contributed by atoms with Crippen molar-refractivity contribution in [2.45, 2.75) is 19.8 Å². The number of hydrogen-bond acceptors (Lipinski definition) is 3. The number of benzene rings is 1. The number of carbonyl (C=O) groups is 1. The number of nitrogens with zero attached hydrogens (tertiary/aromatic N) is 3. The fourth-order valence-corrected chi connectivity index (χ4v) is 1.75. The molecule has 1 heterocycles. The SMILES string of the molecule is CCCc1nn(-c2ccccc2)c(=O)n1C(N)=O. The smallest absolute Gasteiger partial charge is 0.351 e. The highest BCUT2D eigenvalue weighted by molar-refractivity contribution is 5.75. The van der Waals surface area contributed by atoms with E-state index in [2.05, 4.69) is 5.10 Å². The molecule has 18 heavy (non-hydrogen) atoms. The predicted molar refractivity (Wildman–Crippen MR) is 66.8 cm³/mol. The van der Waals surface area contributed by atoms with Gasteiger partial charge in [0.1, 0.15) is 5.82 Å². The Morgan fingerprint density at radius 2 is 2.00 bits per heavy atom. The number of para-hydroxylation sites is 1. The van der Waals surface area contributed by atoms with Gasteiger partial charge in [-0.15, -0.1) is 5.10 Å². The second kappa shape index (κ2) is 4.87. The van der Waals surface area contributed by atoms with Gasteiger partial charge in [-0.1, -0.05) is 25.1 Å². The Hall–Kier alpha value is -2.37. The molecule has 0 aliphatic rings. The third-order valence-electron chi connectivity index (χ3n) is 2.54. The fourth-order valence-electron chi connectivity index (χ4n) is 1.75. The first-order chi connectivity index (χ1) is 8.65. The molecule has 1 aromatic heterocycles. The molecule has 1 aromatic carbocycles. The minimum atomic E-state index is -0.800. The monoisotopic (exact) mass is 246 g/mol. The maximum Gasteiger partial charge on any atom is 0.359 e. The van der Waals surface area contributed by atoms with Gasteiger partial charge in [-0.25, -0.2) is 9.59 Å². The number of carbonyl (C=O) groups excluding carboxylic acids is 1. The van der Waals surface area contributed by atoms with Crippen LogP contribution in [0, 0.1) is 0 Å². The van der Waals surface area contributed by atoms with Crippen molar-refractivity contribution in [1.29, 1.82) is 0 Å². The van der Waals surface area contributed by atoms with Gasteiger partial charge in [-0.2, -0.15) is 9.25 Å². The average molecular weight is 246 g/mol. The van der Waals surface area contributed by atoms with Gasteiger partial charge in [-0.3, -0.25) is 0 Å². The van der Waals surface area contributed by atoms with E-state index in [4.69, 9.17) is 5.73 Å². The Bertz CT molecular complexity index is 613. The summed E-state index contributed by atoms with van der Waals surface area (Å²) in [6, 6.07) is 8.12. The molecule has 2 N–H and O–H groups in total. The lowest BCUT2D eigenvalue weighted by atomic mass is 10.3. The largest absolute Gasteiger partial charge is 0.359 e. The Morgan fingerprint density at radius 1 is 1.33 bits per heavy atom. The Morgan fingerprint density at radius 3 is 2.56 bits per heavy atom. The zero-order chi connectivity index (χ0) is 13.1. The van der Waals surface area contributed by atoms with E-state index >= 15 is 0 Å². The second-order valence-corrected chi connectivity index (χ2v) is 3.87. The molecule has 0 saturated heterocycles. The summed E-state index contributed by atoms with van der Waals surface area (Å²) in [7, 11) is 0. The van der Waals surface area contributed by atoms with Crippen LogP contribution in [0.4, 0.5) is 4.79 Å². The molecular formula is C12H14N4O2. The standard InChI is InChI=1S/C12H14N4O2/c1-2-6-10-14-16(9-7-4-3-5-8-9)12(18)15(10)11(13)17/h3-5,7-8H,2,6H2,1H3,(H2,13,17). The first-order valence-electron chi connectivity index (χ1n) is 5.71. The normalized spacial score (nSPS) is 10.5. The molecule has 0 bridgehead atoms. The number of aryl methyl sites for hydroxylation is 1. The van der Waals surface area contributed by atoms with Crippen LogP contribution >= 0.6 is 0 Å². The van der Waals surface area contributed by atoms with Crippen molar-refractivity contribution in [1.82, 2.24) is 14.3 Å². The summed E-state index contributed by atoms with van der Waals surface area (Å²) in [4.78, 5) is 23.4. The van der Waals surface area contributed by atoms with E-state index < -0.39 is 11.7 Å². The van der Waals surface area contributed by atoms with Crippen LogP contribution in [0.2, 0.25) is 0 Å². The highest BCUT2D eigenvalue weighted by Gasteiger charge is 2.17. The summed E-state index contributed by atoms with van der Waals surface area (Å²) in [5.41, 5.74) is 5.29. The summed E-state index contributed by atoms with van der Waals surface area (Å²) < 4.78 is 2.10. The Kier molecular flexibility index (Phi) is 3.27. The molecule has 0 aliphatic heterocycles. The van der Waals surface area contributed by atoms with E-state index in [1.165, 1.54) is 4.68 Å². The molecule has 0 spiro atoms. The minimum Gasteiger partial charge on any atom is -0.351 e. The molecule has 0 radical (unpaired) electrons. The van der Waals surface area contributed by atoms with Gasteiger partial charge in [0.2, 0.25) is 0 Å².